The zero-order valence-electron chi connectivity index (χ0n) is 6.64. The van der Waals surface area contributed by atoms with Crippen molar-refractivity contribution in [3.8, 4) is 0 Å². The van der Waals surface area contributed by atoms with E-state index in [2.05, 4.69) is 15.4 Å². The van der Waals surface area contributed by atoms with Gasteiger partial charge >= 0.3 is 11.6 Å². The van der Waals surface area contributed by atoms with Gasteiger partial charge in [0.15, 0.2) is 0 Å². The van der Waals surface area contributed by atoms with E-state index in [1.165, 1.54) is 0 Å². The number of carboxylic acids is 1. The molecule has 7 nitrogen and oxygen atoms in total. The second kappa shape index (κ2) is 12.6. The van der Waals surface area contributed by atoms with Crippen LogP contribution >= 0.6 is 0 Å². The van der Waals surface area contributed by atoms with Crippen LogP contribution in [0.5, 0.6) is 0 Å². The van der Waals surface area contributed by atoms with Gasteiger partial charge in [0.2, 0.25) is 0 Å². The van der Waals surface area contributed by atoms with Crippen molar-refractivity contribution in [2.24, 2.45) is 5.73 Å². The smallest absolute Gasteiger partial charge is 0.377 e. The molecule has 0 atom stereocenters. The molecule has 13 heavy (non-hydrogen) atoms. The SMILES string of the molecule is NCC(=O)O.O=c1cn[nH]o1.[Y].[Y]. The van der Waals surface area contributed by atoms with Crippen LogP contribution in [0.15, 0.2) is 15.5 Å². The van der Waals surface area contributed by atoms with E-state index in [1.54, 1.807) is 0 Å². The molecule has 0 aliphatic rings. The molecule has 0 unspecified atom stereocenters. The number of nitrogens with zero attached hydrogens (tertiary/aromatic N) is 1. The van der Waals surface area contributed by atoms with E-state index in [1.807, 2.05) is 5.27 Å². The van der Waals surface area contributed by atoms with E-state index in [-0.39, 0.29) is 72.0 Å². The number of H-pyrrole nitrogens is 1. The molecule has 2 radical (unpaired) electrons. The van der Waals surface area contributed by atoms with Crippen molar-refractivity contribution in [2.45, 2.75) is 0 Å². The first-order chi connectivity index (χ1) is 5.16. The van der Waals surface area contributed by atoms with Crippen molar-refractivity contribution in [1.29, 1.82) is 0 Å². The first kappa shape index (κ1) is 19.2. The minimum Gasteiger partial charge on any atom is -0.480 e. The number of hydrogen-bond acceptors (Lipinski definition) is 5. The minimum atomic E-state index is -0.968. The average Bonchev–Trinajstić information content (AvgIpc) is 2.41. The summed E-state index contributed by atoms with van der Waals surface area (Å²) in [6, 6.07) is 0. The Balaban J connectivity index is -0.000000136. The van der Waals surface area contributed by atoms with Gasteiger partial charge < -0.3 is 15.4 Å². The number of carboxylic acid groups (broad SMARTS) is 1. The number of aliphatic carboxylic acids is 1. The summed E-state index contributed by atoms with van der Waals surface area (Å²) in [5, 5.41) is 12.8. The predicted molar refractivity (Wildman–Crippen MR) is 33.8 cm³/mol. The zero-order valence-corrected chi connectivity index (χ0v) is 12.3. The van der Waals surface area contributed by atoms with E-state index in [0.717, 1.165) is 6.20 Å². The van der Waals surface area contributed by atoms with Crippen molar-refractivity contribution in [3.05, 3.63) is 16.6 Å². The summed E-state index contributed by atoms with van der Waals surface area (Å²) in [6.45, 7) is -0.278. The van der Waals surface area contributed by atoms with Crippen molar-refractivity contribution >= 4 is 5.97 Å². The third-order valence-electron chi connectivity index (χ3n) is 0.544. The van der Waals surface area contributed by atoms with Gasteiger partial charge in [-0.05, 0) is 0 Å². The van der Waals surface area contributed by atoms with Crippen LogP contribution < -0.4 is 11.4 Å². The Hall–Kier alpha value is 0.578. The molecule has 0 aromatic carbocycles. The minimum absolute atomic E-state index is 0. The van der Waals surface area contributed by atoms with Crippen LogP contribution in [-0.2, 0) is 70.2 Å². The fourth-order valence-electron chi connectivity index (χ4n) is 0.177. The standard InChI is InChI=1S/C2H2N2O2.C2H5NO2.2Y/c5-2-1-3-4-6-2;3-1-2(4)5;;/h1,4H;1,3H2,(H,4,5);;. The first-order valence-corrected chi connectivity index (χ1v) is 2.57. The third kappa shape index (κ3) is 15.3. The molecule has 1 rings (SSSR count). The van der Waals surface area contributed by atoms with Gasteiger partial charge in [-0.3, -0.25) is 4.79 Å². The van der Waals surface area contributed by atoms with E-state index >= 15 is 0 Å². The molecule has 0 bridgehead atoms. The van der Waals surface area contributed by atoms with Gasteiger partial charge in [-0.15, -0.1) is 10.4 Å². The topological polar surface area (TPSA) is 122 Å². The number of nitrogens with one attached hydrogen (secondary N) is 1. The van der Waals surface area contributed by atoms with Crippen LogP contribution in [0.1, 0.15) is 0 Å². The molecule has 0 aliphatic carbocycles. The molecule has 0 spiro atoms. The molecule has 0 aliphatic heterocycles. The molecule has 68 valence electrons. The van der Waals surface area contributed by atoms with E-state index in [4.69, 9.17) is 5.11 Å². The van der Waals surface area contributed by atoms with Crippen molar-refractivity contribution in [2.75, 3.05) is 6.54 Å². The summed E-state index contributed by atoms with van der Waals surface area (Å²) in [5.41, 5.74) is 4.12. The predicted octanol–water partition coefficient (Wildman–Crippen LogP) is -1.61. The van der Waals surface area contributed by atoms with Crippen LogP contribution in [0, 0.1) is 0 Å². The second-order valence-corrected chi connectivity index (χ2v) is 1.37. The molecule has 4 N–H and O–H groups in total. The van der Waals surface area contributed by atoms with Gasteiger partial charge in [-0.2, -0.15) is 0 Å². The maximum absolute atomic E-state index is 9.81. The number of rotatable bonds is 1. The van der Waals surface area contributed by atoms with Crippen LogP contribution in [0.25, 0.3) is 0 Å². The third-order valence-corrected chi connectivity index (χ3v) is 0.544. The van der Waals surface area contributed by atoms with Gasteiger partial charge in [0, 0.05) is 65.4 Å². The Morgan fingerprint density at radius 1 is 1.69 bits per heavy atom. The Bertz CT molecular complexity index is 243. The summed E-state index contributed by atoms with van der Waals surface area (Å²) in [5.74, 6) is -0.968. The Labute approximate surface area is 124 Å². The number of nitrogens with two attached hydrogens (primary N) is 1. The van der Waals surface area contributed by atoms with Crippen LogP contribution in [-0.4, -0.2) is 28.0 Å². The quantitative estimate of drug-likeness (QED) is 0.566. The van der Waals surface area contributed by atoms with Gasteiger partial charge in [0.1, 0.15) is 6.20 Å². The van der Waals surface area contributed by atoms with E-state index < -0.39 is 11.6 Å². The van der Waals surface area contributed by atoms with Crippen molar-refractivity contribution in [3.63, 3.8) is 0 Å². The van der Waals surface area contributed by atoms with Gasteiger partial charge in [0.25, 0.3) is 0 Å². The Morgan fingerprint density at radius 3 is 2.23 bits per heavy atom. The van der Waals surface area contributed by atoms with Gasteiger partial charge in [-0.25, -0.2) is 4.79 Å². The molecule has 0 fully saturated rings. The van der Waals surface area contributed by atoms with Crippen molar-refractivity contribution in [1.82, 2.24) is 10.4 Å². The van der Waals surface area contributed by atoms with Crippen LogP contribution in [0.4, 0.5) is 0 Å². The second-order valence-electron chi connectivity index (χ2n) is 1.37. The van der Waals surface area contributed by atoms with Crippen LogP contribution in [0.3, 0.4) is 0 Å². The number of carbonyl (C=O) groups is 1. The fourth-order valence-corrected chi connectivity index (χ4v) is 0.177. The fraction of sp³-hybridized carbons (Fsp3) is 0.250. The molecule has 1 aromatic rings. The molecule has 1 aromatic heterocycles. The van der Waals surface area contributed by atoms with E-state index in [9.17, 15) is 9.59 Å². The Morgan fingerprint density at radius 2 is 2.15 bits per heavy atom. The summed E-state index contributed by atoms with van der Waals surface area (Å²) in [6.07, 6.45) is 1.06. The zero-order chi connectivity index (χ0) is 8.69. The largest absolute Gasteiger partial charge is 0.480 e. The summed E-state index contributed by atoms with van der Waals surface area (Å²) < 4.78 is 4.04. The summed E-state index contributed by atoms with van der Waals surface area (Å²) in [4.78, 5) is 19.1. The van der Waals surface area contributed by atoms with Gasteiger partial charge in [0.05, 0.1) is 6.54 Å². The molecule has 9 heteroatoms. The maximum Gasteiger partial charge on any atom is 0.377 e. The molecule has 0 saturated carbocycles. The molecular formula is C4H7N3O4Y2. The summed E-state index contributed by atoms with van der Waals surface area (Å²) >= 11 is 0. The monoisotopic (exact) mass is 339 g/mol. The first-order valence-electron chi connectivity index (χ1n) is 2.57. The molecule has 0 amide bonds. The van der Waals surface area contributed by atoms with Crippen LogP contribution in [0.2, 0.25) is 0 Å². The summed E-state index contributed by atoms with van der Waals surface area (Å²) in [7, 11) is 0. The number of aromatic amines is 1. The molecule has 0 saturated heterocycles. The normalized spacial score (nSPS) is 6.85. The average molecular weight is 339 g/mol. The maximum atomic E-state index is 9.81. The van der Waals surface area contributed by atoms with Crippen molar-refractivity contribution < 1.29 is 79.8 Å². The number of hydrogen-bond donors (Lipinski definition) is 3. The Kier molecular flexibility index (Phi) is 18.6. The molecular weight excluding hydrogens is 332 g/mol. The molecule has 1 heterocycles. The van der Waals surface area contributed by atoms with Gasteiger partial charge in [-0.1, -0.05) is 0 Å². The van der Waals surface area contributed by atoms with E-state index in [0.29, 0.717) is 0 Å². The number of aromatic nitrogens is 2.